The summed E-state index contributed by atoms with van der Waals surface area (Å²) in [6.45, 7) is 7.11. The number of aryl methyl sites for hydroxylation is 1. The third kappa shape index (κ3) is 4.78. The SMILES string of the molecule is CCCc1ccc(OCC(N)C(C)CC)cc1. The summed E-state index contributed by atoms with van der Waals surface area (Å²) < 4.78 is 5.70. The van der Waals surface area contributed by atoms with Gasteiger partial charge in [0, 0.05) is 6.04 Å². The Hall–Kier alpha value is -1.02. The summed E-state index contributed by atoms with van der Waals surface area (Å²) in [7, 11) is 0. The van der Waals surface area contributed by atoms with Gasteiger partial charge in [0.15, 0.2) is 0 Å². The van der Waals surface area contributed by atoms with E-state index in [1.165, 1.54) is 12.0 Å². The second-order valence-electron chi connectivity index (χ2n) is 4.75. The molecule has 0 saturated heterocycles. The number of hydrogen-bond acceptors (Lipinski definition) is 2. The minimum absolute atomic E-state index is 0.121. The van der Waals surface area contributed by atoms with Gasteiger partial charge in [0.1, 0.15) is 12.4 Å². The fourth-order valence-corrected chi connectivity index (χ4v) is 1.70. The third-order valence-corrected chi connectivity index (χ3v) is 3.28. The summed E-state index contributed by atoms with van der Waals surface area (Å²) >= 11 is 0. The molecule has 0 aliphatic heterocycles. The van der Waals surface area contributed by atoms with Crippen molar-refractivity contribution in [3.63, 3.8) is 0 Å². The van der Waals surface area contributed by atoms with Gasteiger partial charge in [0.25, 0.3) is 0 Å². The molecule has 0 aliphatic rings. The van der Waals surface area contributed by atoms with Crippen molar-refractivity contribution in [1.29, 1.82) is 0 Å². The van der Waals surface area contributed by atoms with Crippen molar-refractivity contribution in [2.45, 2.75) is 46.1 Å². The molecule has 1 aromatic carbocycles. The van der Waals surface area contributed by atoms with Crippen LogP contribution in [0.5, 0.6) is 5.75 Å². The second-order valence-corrected chi connectivity index (χ2v) is 4.75. The Kier molecular flexibility index (Phi) is 6.06. The monoisotopic (exact) mass is 235 g/mol. The fraction of sp³-hybridized carbons (Fsp3) is 0.600. The first-order valence-corrected chi connectivity index (χ1v) is 6.64. The van der Waals surface area contributed by atoms with E-state index in [1.807, 2.05) is 12.1 Å². The molecular weight excluding hydrogens is 210 g/mol. The number of nitrogens with two attached hydrogens (primary N) is 1. The van der Waals surface area contributed by atoms with Crippen LogP contribution in [0.3, 0.4) is 0 Å². The van der Waals surface area contributed by atoms with E-state index >= 15 is 0 Å². The van der Waals surface area contributed by atoms with Crippen LogP contribution in [0.2, 0.25) is 0 Å². The van der Waals surface area contributed by atoms with Crippen molar-refractivity contribution in [2.75, 3.05) is 6.61 Å². The third-order valence-electron chi connectivity index (χ3n) is 3.28. The molecule has 0 aliphatic carbocycles. The van der Waals surface area contributed by atoms with Crippen LogP contribution in [0.25, 0.3) is 0 Å². The molecule has 2 atom stereocenters. The Morgan fingerprint density at radius 1 is 1.18 bits per heavy atom. The molecule has 0 heterocycles. The van der Waals surface area contributed by atoms with Crippen LogP contribution in [0, 0.1) is 5.92 Å². The standard InChI is InChI=1S/C15H25NO/c1-4-6-13-7-9-14(10-8-13)17-11-15(16)12(3)5-2/h7-10,12,15H,4-6,11,16H2,1-3H3. The Balaban J connectivity index is 2.41. The van der Waals surface area contributed by atoms with E-state index in [-0.39, 0.29) is 6.04 Å². The normalized spacial score (nSPS) is 14.4. The molecule has 0 saturated carbocycles. The summed E-state index contributed by atoms with van der Waals surface area (Å²) in [5, 5.41) is 0. The maximum Gasteiger partial charge on any atom is 0.119 e. The highest BCUT2D eigenvalue weighted by Gasteiger charge is 2.11. The van der Waals surface area contributed by atoms with Gasteiger partial charge < -0.3 is 10.5 Å². The van der Waals surface area contributed by atoms with E-state index in [4.69, 9.17) is 10.5 Å². The lowest BCUT2D eigenvalue weighted by Crippen LogP contribution is -2.34. The van der Waals surface area contributed by atoms with E-state index in [0.717, 1.165) is 18.6 Å². The molecular formula is C15H25NO. The molecule has 0 amide bonds. The lowest BCUT2D eigenvalue weighted by atomic mass is 10.0. The van der Waals surface area contributed by atoms with E-state index < -0.39 is 0 Å². The maximum absolute atomic E-state index is 6.03. The smallest absolute Gasteiger partial charge is 0.119 e. The molecule has 96 valence electrons. The van der Waals surface area contributed by atoms with Crippen molar-refractivity contribution in [1.82, 2.24) is 0 Å². The van der Waals surface area contributed by atoms with E-state index in [1.54, 1.807) is 0 Å². The maximum atomic E-state index is 6.03. The first kappa shape index (κ1) is 14.0. The molecule has 2 N–H and O–H groups in total. The Bertz CT molecular complexity index is 307. The Morgan fingerprint density at radius 3 is 2.35 bits per heavy atom. The molecule has 2 unspecified atom stereocenters. The zero-order valence-electron chi connectivity index (χ0n) is 11.3. The van der Waals surface area contributed by atoms with Gasteiger partial charge in [-0.05, 0) is 30.0 Å². The largest absolute Gasteiger partial charge is 0.492 e. The van der Waals surface area contributed by atoms with Crippen LogP contribution in [-0.4, -0.2) is 12.6 Å². The van der Waals surface area contributed by atoms with Crippen LogP contribution in [0.15, 0.2) is 24.3 Å². The molecule has 17 heavy (non-hydrogen) atoms. The number of benzene rings is 1. The highest BCUT2D eigenvalue weighted by atomic mass is 16.5. The summed E-state index contributed by atoms with van der Waals surface area (Å²) in [5.41, 5.74) is 7.39. The van der Waals surface area contributed by atoms with E-state index in [2.05, 4.69) is 32.9 Å². The van der Waals surface area contributed by atoms with Gasteiger partial charge in [-0.15, -0.1) is 0 Å². The average Bonchev–Trinajstić information content (AvgIpc) is 2.37. The highest BCUT2D eigenvalue weighted by molar-refractivity contribution is 5.27. The van der Waals surface area contributed by atoms with Crippen LogP contribution in [-0.2, 0) is 6.42 Å². The molecule has 2 nitrogen and oxygen atoms in total. The molecule has 0 radical (unpaired) electrons. The first-order valence-electron chi connectivity index (χ1n) is 6.64. The quantitative estimate of drug-likeness (QED) is 0.786. The minimum Gasteiger partial charge on any atom is -0.492 e. The summed E-state index contributed by atoms with van der Waals surface area (Å²) in [6, 6.07) is 8.46. The van der Waals surface area contributed by atoms with Crippen molar-refractivity contribution >= 4 is 0 Å². The topological polar surface area (TPSA) is 35.2 Å². The van der Waals surface area contributed by atoms with Crippen LogP contribution in [0.4, 0.5) is 0 Å². The minimum atomic E-state index is 0.121. The predicted molar refractivity (Wildman–Crippen MR) is 73.4 cm³/mol. The summed E-state index contributed by atoms with van der Waals surface area (Å²) in [6.07, 6.45) is 3.41. The first-order chi connectivity index (χ1) is 8.17. The van der Waals surface area contributed by atoms with Crippen LogP contribution >= 0.6 is 0 Å². The van der Waals surface area contributed by atoms with Gasteiger partial charge in [-0.3, -0.25) is 0 Å². The zero-order valence-corrected chi connectivity index (χ0v) is 11.3. The fourth-order valence-electron chi connectivity index (χ4n) is 1.70. The van der Waals surface area contributed by atoms with E-state index in [0.29, 0.717) is 12.5 Å². The molecule has 1 aromatic rings. The van der Waals surface area contributed by atoms with Crippen molar-refractivity contribution in [2.24, 2.45) is 11.7 Å². The molecule has 2 heteroatoms. The number of rotatable bonds is 7. The highest BCUT2D eigenvalue weighted by Crippen LogP contribution is 2.14. The lowest BCUT2D eigenvalue weighted by molar-refractivity contribution is 0.250. The molecule has 0 bridgehead atoms. The van der Waals surface area contributed by atoms with Gasteiger partial charge in [0.2, 0.25) is 0 Å². The van der Waals surface area contributed by atoms with Crippen LogP contribution < -0.4 is 10.5 Å². The van der Waals surface area contributed by atoms with Crippen molar-refractivity contribution < 1.29 is 4.74 Å². The Labute approximate surface area is 105 Å². The van der Waals surface area contributed by atoms with Gasteiger partial charge in [-0.2, -0.15) is 0 Å². The summed E-state index contributed by atoms with van der Waals surface area (Å²) in [5.74, 6) is 1.43. The van der Waals surface area contributed by atoms with Gasteiger partial charge in [-0.1, -0.05) is 45.7 Å². The van der Waals surface area contributed by atoms with Crippen molar-refractivity contribution in [3.05, 3.63) is 29.8 Å². The zero-order chi connectivity index (χ0) is 12.7. The molecule has 1 rings (SSSR count). The summed E-state index contributed by atoms with van der Waals surface area (Å²) in [4.78, 5) is 0. The lowest BCUT2D eigenvalue weighted by Gasteiger charge is -2.18. The van der Waals surface area contributed by atoms with Gasteiger partial charge in [-0.25, -0.2) is 0 Å². The number of hydrogen-bond donors (Lipinski definition) is 1. The number of ether oxygens (including phenoxy) is 1. The van der Waals surface area contributed by atoms with Gasteiger partial charge in [0.05, 0.1) is 0 Å². The Morgan fingerprint density at radius 2 is 1.82 bits per heavy atom. The molecule has 0 spiro atoms. The van der Waals surface area contributed by atoms with Gasteiger partial charge >= 0.3 is 0 Å². The average molecular weight is 235 g/mol. The van der Waals surface area contributed by atoms with E-state index in [9.17, 15) is 0 Å². The second kappa shape index (κ2) is 7.33. The molecule has 0 aromatic heterocycles. The predicted octanol–water partition coefficient (Wildman–Crippen LogP) is 3.39. The van der Waals surface area contributed by atoms with Crippen LogP contribution in [0.1, 0.15) is 39.2 Å². The van der Waals surface area contributed by atoms with Crippen molar-refractivity contribution in [3.8, 4) is 5.75 Å². The molecule has 0 fully saturated rings.